The first-order valence-corrected chi connectivity index (χ1v) is 12.4. The van der Waals surface area contributed by atoms with Crippen LogP contribution in [-0.2, 0) is 24.2 Å². The number of hydrogen-bond acceptors (Lipinski definition) is 7. The lowest BCUT2D eigenvalue weighted by molar-refractivity contribution is -0.118. The second-order valence-corrected chi connectivity index (χ2v) is 10.3. The van der Waals surface area contributed by atoms with Crippen molar-refractivity contribution in [3.8, 4) is 10.6 Å². The number of aromatic amines is 1. The average Bonchev–Trinajstić information content (AvgIpc) is 3.51. The van der Waals surface area contributed by atoms with Gasteiger partial charge in [0.2, 0.25) is 0 Å². The SMILES string of the molecule is CC(CCCC(=O)Cc1sc2c(c1-c1nc3cnccc3s1)CCNC2)c1ncc[nH]1. The van der Waals surface area contributed by atoms with Crippen molar-refractivity contribution in [3.05, 3.63) is 52.0 Å². The van der Waals surface area contributed by atoms with Crippen LogP contribution in [0.25, 0.3) is 20.8 Å². The van der Waals surface area contributed by atoms with Crippen LogP contribution in [0.15, 0.2) is 30.9 Å². The van der Waals surface area contributed by atoms with Crippen molar-refractivity contribution in [1.29, 1.82) is 0 Å². The zero-order valence-corrected chi connectivity index (χ0v) is 19.1. The molecule has 1 aliphatic heterocycles. The number of aromatic nitrogens is 4. The number of pyridine rings is 1. The van der Waals surface area contributed by atoms with E-state index in [-0.39, 0.29) is 0 Å². The summed E-state index contributed by atoms with van der Waals surface area (Å²) >= 11 is 3.49. The molecule has 0 amide bonds. The third-order valence-electron chi connectivity index (χ3n) is 5.84. The number of nitrogens with zero attached hydrogens (tertiary/aromatic N) is 3. The highest BCUT2D eigenvalue weighted by atomic mass is 32.1. The summed E-state index contributed by atoms with van der Waals surface area (Å²) in [6, 6.07) is 2.02. The van der Waals surface area contributed by atoms with Gasteiger partial charge < -0.3 is 10.3 Å². The molecule has 0 saturated carbocycles. The van der Waals surface area contributed by atoms with Crippen LogP contribution in [0, 0.1) is 0 Å². The second kappa shape index (κ2) is 8.98. The fourth-order valence-corrected chi connectivity index (χ4v) is 6.66. The maximum Gasteiger partial charge on any atom is 0.138 e. The summed E-state index contributed by atoms with van der Waals surface area (Å²) in [4.78, 5) is 32.0. The summed E-state index contributed by atoms with van der Waals surface area (Å²) in [7, 11) is 0. The van der Waals surface area contributed by atoms with Crippen LogP contribution in [-0.4, -0.2) is 32.3 Å². The van der Waals surface area contributed by atoms with Gasteiger partial charge in [-0.2, -0.15) is 0 Å². The minimum atomic E-state index is 0.308. The van der Waals surface area contributed by atoms with Crippen molar-refractivity contribution in [1.82, 2.24) is 25.3 Å². The normalized spacial score (nSPS) is 14.6. The molecular formula is C23H25N5OS2. The van der Waals surface area contributed by atoms with Crippen LogP contribution in [0.1, 0.15) is 53.2 Å². The maximum absolute atomic E-state index is 12.9. The Morgan fingerprint density at radius 2 is 2.23 bits per heavy atom. The van der Waals surface area contributed by atoms with Gasteiger partial charge in [0, 0.05) is 59.2 Å². The second-order valence-electron chi connectivity index (χ2n) is 8.07. The summed E-state index contributed by atoms with van der Waals surface area (Å²) in [6.07, 6.45) is 11.2. The first kappa shape index (κ1) is 20.5. The van der Waals surface area contributed by atoms with E-state index in [0.717, 1.165) is 53.4 Å². The highest BCUT2D eigenvalue weighted by molar-refractivity contribution is 7.22. The summed E-state index contributed by atoms with van der Waals surface area (Å²) in [5.74, 6) is 1.65. The topological polar surface area (TPSA) is 83.6 Å². The number of Topliss-reactive ketones (excluding diaryl/α,β-unsaturated/α-hetero) is 1. The molecule has 8 heteroatoms. The molecule has 4 aromatic heterocycles. The van der Waals surface area contributed by atoms with Gasteiger partial charge in [-0.25, -0.2) is 9.97 Å². The average molecular weight is 452 g/mol. The highest BCUT2D eigenvalue weighted by Crippen LogP contribution is 2.41. The van der Waals surface area contributed by atoms with Gasteiger partial charge in [0.05, 0.1) is 10.9 Å². The Balaban J connectivity index is 1.34. The van der Waals surface area contributed by atoms with Crippen molar-refractivity contribution in [3.63, 3.8) is 0 Å². The molecule has 0 saturated heterocycles. The molecule has 31 heavy (non-hydrogen) atoms. The van der Waals surface area contributed by atoms with Gasteiger partial charge >= 0.3 is 0 Å². The zero-order valence-electron chi connectivity index (χ0n) is 17.5. The predicted molar refractivity (Wildman–Crippen MR) is 126 cm³/mol. The van der Waals surface area contributed by atoms with Crippen molar-refractivity contribution in [2.45, 2.75) is 51.5 Å². The molecule has 0 fully saturated rings. The molecule has 6 nitrogen and oxygen atoms in total. The Kier molecular flexibility index (Phi) is 5.93. The molecule has 160 valence electrons. The molecule has 0 spiro atoms. The van der Waals surface area contributed by atoms with E-state index in [1.165, 1.54) is 20.9 Å². The number of fused-ring (bicyclic) bond motifs is 2. The maximum atomic E-state index is 12.9. The van der Waals surface area contributed by atoms with Gasteiger partial charge in [0.1, 0.15) is 22.1 Å². The summed E-state index contributed by atoms with van der Waals surface area (Å²) < 4.78 is 1.14. The van der Waals surface area contributed by atoms with Crippen LogP contribution in [0.4, 0.5) is 0 Å². The number of thiazole rings is 1. The number of ketones is 1. The van der Waals surface area contributed by atoms with Crippen molar-refractivity contribution in [2.75, 3.05) is 6.54 Å². The van der Waals surface area contributed by atoms with Crippen LogP contribution in [0.5, 0.6) is 0 Å². The van der Waals surface area contributed by atoms with E-state index >= 15 is 0 Å². The number of rotatable bonds is 8. The number of carbonyl (C=O) groups is 1. The van der Waals surface area contributed by atoms with Gasteiger partial charge in [-0.05, 0) is 37.4 Å². The Hall–Kier alpha value is -2.42. The molecule has 0 radical (unpaired) electrons. The quantitative estimate of drug-likeness (QED) is 0.399. The van der Waals surface area contributed by atoms with Gasteiger partial charge in [-0.3, -0.25) is 9.78 Å². The van der Waals surface area contributed by atoms with E-state index in [1.54, 1.807) is 28.9 Å². The lowest BCUT2D eigenvalue weighted by Crippen LogP contribution is -2.22. The fraction of sp³-hybridized carbons (Fsp3) is 0.391. The lowest BCUT2D eigenvalue weighted by atomic mass is 9.98. The number of nitrogens with one attached hydrogen (secondary N) is 2. The van der Waals surface area contributed by atoms with Crippen molar-refractivity contribution >= 4 is 38.7 Å². The van der Waals surface area contributed by atoms with Crippen molar-refractivity contribution < 1.29 is 4.79 Å². The van der Waals surface area contributed by atoms with E-state index < -0.39 is 0 Å². The predicted octanol–water partition coefficient (Wildman–Crippen LogP) is 4.87. The van der Waals surface area contributed by atoms with Crippen LogP contribution in [0.2, 0.25) is 0 Å². The van der Waals surface area contributed by atoms with Gasteiger partial charge in [-0.15, -0.1) is 22.7 Å². The summed E-state index contributed by atoms with van der Waals surface area (Å²) in [6.45, 7) is 4.01. The minimum Gasteiger partial charge on any atom is -0.348 e. The summed E-state index contributed by atoms with van der Waals surface area (Å²) in [5.41, 5.74) is 3.52. The molecule has 0 aromatic carbocycles. The molecule has 0 bridgehead atoms. The molecule has 1 atom stereocenters. The number of hydrogen-bond donors (Lipinski definition) is 2. The van der Waals surface area contributed by atoms with Gasteiger partial charge in [0.25, 0.3) is 0 Å². The van der Waals surface area contributed by atoms with E-state index in [1.807, 2.05) is 24.7 Å². The first-order chi connectivity index (χ1) is 15.2. The Morgan fingerprint density at radius 1 is 1.29 bits per heavy atom. The van der Waals surface area contributed by atoms with E-state index in [4.69, 9.17) is 4.98 Å². The minimum absolute atomic E-state index is 0.308. The van der Waals surface area contributed by atoms with Gasteiger partial charge in [-0.1, -0.05) is 6.92 Å². The first-order valence-electron chi connectivity index (χ1n) is 10.7. The van der Waals surface area contributed by atoms with E-state index in [2.05, 4.69) is 27.2 Å². The molecule has 5 heterocycles. The largest absolute Gasteiger partial charge is 0.348 e. The monoisotopic (exact) mass is 451 g/mol. The molecule has 1 unspecified atom stereocenters. The lowest BCUT2D eigenvalue weighted by Gasteiger charge is -2.13. The molecular weight excluding hydrogens is 426 g/mol. The van der Waals surface area contributed by atoms with E-state index in [0.29, 0.717) is 24.5 Å². The summed E-state index contributed by atoms with van der Waals surface area (Å²) in [5, 5.41) is 4.49. The Bertz CT molecular complexity index is 1160. The standard InChI is InChI=1S/C23H25N5OS2/c1-14(22-26-9-10-27-22)3-2-4-15(29)11-19-21(16-5-7-25-13-20(16)30-19)23-28-17-12-24-8-6-18(17)31-23/h6,8-10,12,14,25H,2-5,7,11,13H2,1H3,(H,26,27). The zero-order chi connectivity index (χ0) is 21.2. The van der Waals surface area contributed by atoms with Crippen LogP contribution in [0.3, 0.4) is 0 Å². The number of carbonyl (C=O) groups excluding carboxylic acids is 1. The third kappa shape index (κ3) is 4.33. The Labute approximate surface area is 189 Å². The molecule has 1 aliphatic rings. The molecule has 4 aromatic rings. The molecule has 2 N–H and O–H groups in total. The van der Waals surface area contributed by atoms with Crippen LogP contribution >= 0.6 is 22.7 Å². The number of imidazole rings is 1. The van der Waals surface area contributed by atoms with Crippen molar-refractivity contribution in [2.24, 2.45) is 0 Å². The highest BCUT2D eigenvalue weighted by Gasteiger charge is 2.25. The van der Waals surface area contributed by atoms with Crippen LogP contribution < -0.4 is 5.32 Å². The van der Waals surface area contributed by atoms with E-state index in [9.17, 15) is 4.79 Å². The Morgan fingerprint density at radius 3 is 3.06 bits per heavy atom. The smallest absolute Gasteiger partial charge is 0.138 e. The third-order valence-corrected chi connectivity index (χ3v) is 8.13. The number of thiophene rings is 1. The fourth-order valence-electron chi connectivity index (χ4n) is 4.21. The number of H-pyrrole nitrogens is 1. The van der Waals surface area contributed by atoms with Gasteiger partial charge in [0.15, 0.2) is 0 Å². The molecule has 5 rings (SSSR count). The molecule has 0 aliphatic carbocycles.